The summed E-state index contributed by atoms with van der Waals surface area (Å²) in [7, 11) is 0. The molecule has 0 spiro atoms. The Morgan fingerprint density at radius 1 is 0.667 bits per heavy atom. The molecule has 0 aliphatic heterocycles. The summed E-state index contributed by atoms with van der Waals surface area (Å²) in [5, 5.41) is 3.84. The molecule has 0 saturated heterocycles. The maximum absolute atomic E-state index is 7.80. The number of furan rings is 2. The van der Waals surface area contributed by atoms with Crippen LogP contribution in [0.1, 0.15) is 9.68 Å². The molecule has 42 heavy (non-hydrogen) atoms. The van der Waals surface area contributed by atoms with Gasteiger partial charge in [0.1, 0.15) is 17.0 Å². The number of imidazole rings is 1. The second-order valence-corrected chi connectivity index (χ2v) is 10.4. The van der Waals surface area contributed by atoms with Gasteiger partial charge in [-0.3, -0.25) is 4.57 Å². The van der Waals surface area contributed by atoms with E-state index in [1.165, 1.54) is 0 Å². The SMILES string of the molecule is [2H]C([2H])([2H])c1ccc(-c2ccc(-c3nc4ccccc4n3-c3cccc4c3oc3ccccc34)c3oc4ncccc4c23)cc1. The molecule has 0 bridgehead atoms. The Morgan fingerprint density at radius 3 is 2.40 bits per heavy atom. The summed E-state index contributed by atoms with van der Waals surface area (Å²) in [4.78, 5) is 9.70. The molecule has 4 aromatic heterocycles. The van der Waals surface area contributed by atoms with Crippen LogP contribution >= 0.6 is 0 Å². The lowest BCUT2D eigenvalue weighted by atomic mass is 9.96. The van der Waals surface area contributed by atoms with Gasteiger partial charge in [-0.05, 0) is 60.4 Å². The number of hydrogen-bond acceptors (Lipinski definition) is 4. The first-order valence-electron chi connectivity index (χ1n) is 15.3. The highest BCUT2D eigenvalue weighted by molar-refractivity contribution is 6.15. The first kappa shape index (κ1) is 20.2. The Labute approximate surface area is 244 Å². The standard InChI is InChI=1S/C37H23N3O2/c1-22-15-17-23(18-16-22)24-19-20-28(35-33(24)27-10-7-21-38-37(27)42-35)36-39-29-11-3-4-12-30(29)40(36)31-13-6-9-26-25-8-2-5-14-32(25)41-34(26)31/h2-21H,1H3/i1D3. The molecule has 4 heterocycles. The fraction of sp³-hybridized carbons (Fsp3) is 0.0270. The molecule has 9 rings (SSSR count). The predicted molar refractivity (Wildman–Crippen MR) is 169 cm³/mol. The first-order valence-corrected chi connectivity index (χ1v) is 13.8. The van der Waals surface area contributed by atoms with E-state index in [2.05, 4.69) is 39.9 Å². The summed E-state index contributed by atoms with van der Waals surface area (Å²) in [5.41, 5.74) is 8.31. The number of hydrogen-bond donors (Lipinski definition) is 0. The molecule has 0 N–H and O–H groups in total. The van der Waals surface area contributed by atoms with Gasteiger partial charge in [0.25, 0.3) is 0 Å². The van der Waals surface area contributed by atoms with Crippen LogP contribution in [0.4, 0.5) is 0 Å². The van der Waals surface area contributed by atoms with Crippen molar-refractivity contribution in [3.05, 3.63) is 127 Å². The summed E-state index contributed by atoms with van der Waals surface area (Å²) in [6.45, 7) is -2.17. The van der Waals surface area contributed by atoms with E-state index in [1.54, 1.807) is 18.3 Å². The summed E-state index contributed by atoms with van der Waals surface area (Å²) < 4.78 is 38.5. The second-order valence-electron chi connectivity index (χ2n) is 10.4. The zero-order chi connectivity index (χ0) is 30.3. The van der Waals surface area contributed by atoms with Crippen molar-refractivity contribution in [1.29, 1.82) is 0 Å². The highest BCUT2D eigenvalue weighted by Gasteiger charge is 2.24. The summed E-state index contributed by atoms with van der Waals surface area (Å²) in [6, 6.07) is 37.3. The van der Waals surface area contributed by atoms with Crippen LogP contribution in [-0.4, -0.2) is 14.5 Å². The molecule has 0 atom stereocenters. The molecule has 198 valence electrons. The number of para-hydroxylation sites is 4. The van der Waals surface area contributed by atoms with Gasteiger partial charge in [0, 0.05) is 31.9 Å². The van der Waals surface area contributed by atoms with Crippen molar-refractivity contribution < 1.29 is 12.9 Å². The first-order chi connectivity index (χ1) is 22.0. The van der Waals surface area contributed by atoms with Gasteiger partial charge in [-0.1, -0.05) is 78.4 Å². The number of benzene rings is 5. The average Bonchev–Trinajstić information content (AvgIpc) is 3.76. The van der Waals surface area contributed by atoms with Gasteiger partial charge in [-0.15, -0.1) is 0 Å². The summed E-state index contributed by atoms with van der Waals surface area (Å²) in [6.07, 6.45) is 1.71. The highest BCUT2D eigenvalue weighted by atomic mass is 16.3. The largest absolute Gasteiger partial charge is 0.454 e. The van der Waals surface area contributed by atoms with E-state index in [-0.39, 0.29) is 0 Å². The van der Waals surface area contributed by atoms with E-state index in [0.29, 0.717) is 22.7 Å². The fourth-order valence-corrected chi connectivity index (χ4v) is 6.14. The molecule has 0 unspecified atom stereocenters. The molecule has 0 saturated carbocycles. The zero-order valence-electron chi connectivity index (χ0n) is 25.2. The Hall–Kier alpha value is -5.68. The molecular formula is C37H23N3O2. The van der Waals surface area contributed by atoms with Gasteiger partial charge in [0.15, 0.2) is 5.58 Å². The highest BCUT2D eigenvalue weighted by Crippen LogP contribution is 2.43. The van der Waals surface area contributed by atoms with Gasteiger partial charge in [-0.2, -0.15) is 0 Å². The van der Waals surface area contributed by atoms with E-state index in [1.807, 2.05) is 72.8 Å². The van der Waals surface area contributed by atoms with Crippen molar-refractivity contribution in [3.63, 3.8) is 0 Å². The third-order valence-electron chi connectivity index (χ3n) is 8.02. The number of pyridine rings is 1. The Balaban J connectivity index is 1.35. The number of fused-ring (bicyclic) bond motifs is 7. The molecule has 0 fully saturated rings. The van der Waals surface area contributed by atoms with Crippen LogP contribution < -0.4 is 0 Å². The van der Waals surface area contributed by atoms with Gasteiger partial charge in [0.2, 0.25) is 5.71 Å². The molecule has 0 aliphatic rings. The van der Waals surface area contributed by atoms with Gasteiger partial charge in [0.05, 0.1) is 22.3 Å². The van der Waals surface area contributed by atoms with E-state index < -0.39 is 6.85 Å². The lowest BCUT2D eigenvalue weighted by molar-refractivity contribution is 0.654. The van der Waals surface area contributed by atoms with Crippen LogP contribution in [0, 0.1) is 6.85 Å². The molecule has 0 aliphatic carbocycles. The minimum absolute atomic E-state index is 0.298. The summed E-state index contributed by atoms with van der Waals surface area (Å²) in [5.74, 6) is 0.706. The Morgan fingerprint density at radius 2 is 1.48 bits per heavy atom. The minimum Gasteiger partial charge on any atom is -0.454 e. The molecule has 0 radical (unpaired) electrons. The lowest BCUT2D eigenvalue weighted by Gasteiger charge is -2.12. The molecular weight excluding hydrogens is 518 g/mol. The second kappa shape index (κ2) is 8.66. The van der Waals surface area contributed by atoms with E-state index in [9.17, 15) is 0 Å². The van der Waals surface area contributed by atoms with E-state index in [0.717, 1.165) is 66.1 Å². The maximum Gasteiger partial charge on any atom is 0.227 e. The summed E-state index contributed by atoms with van der Waals surface area (Å²) >= 11 is 0. The Bertz CT molecular complexity index is 2590. The van der Waals surface area contributed by atoms with Crippen molar-refractivity contribution >= 4 is 55.0 Å². The number of aryl methyl sites for hydroxylation is 1. The van der Waals surface area contributed by atoms with Crippen molar-refractivity contribution in [3.8, 4) is 28.2 Å². The van der Waals surface area contributed by atoms with Crippen LogP contribution in [-0.2, 0) is 0 Å². The predicted octanol–water partition coefficient (Wildman–Crippen LogP) is 9.86. The number of nitrogens with zero attached hydrogens (tertiary/aromatic N) is 3. The van der Waals surface area contributed by atoms with Crippen LogP contribution in [0.3, 0.4) is 0 Å². The maximum atomic E-state index is 7.80. The van der Waals surface area contributed by atoms with Crippen LogP contribution in [0.15, 0.2) is 130 Å². The number of aromatic nitrogens is 3. The normalized spacial score (nSPS) is 13.3. The molecule has 5 aromatic carbocycles. The van der Waals surface area contributed by atoms with E-state index in [4.69, 9.17) is 17.9 Å². The zero-order valence-corrected chi connectivity index (χ0v) is 22.2. The third-order valence-corrected chi connectivity index (χ3v) is 8.02. The van der Waals surface area contributed by atoms with Gasteiger partial charge >= 0.3 is 0 Å². The van der Waals surface area contributed by atoms with E-state index >= 15 is 0 Å². The van der Waals surface area contributed by atoms with Gasteiger partial charge < -0.3 is 8.83 Å². The van der Waals surface area contributed by atoms with Crippen LogP contribution in [0.25, 0.3) is 83.2 Å². The lowest BCUT2D eigenvalue weighted by Crippen LogP contribution is -1.98. The van der Waals surface area contributed by atoms with Crippen molar-refractivity contribution in [2.75, 3.05) is 0 Å². The fourth-order valence-electron chi connectivity index (χ4n) is 6.14. The number of rotatable bonds is 3. The minimum atomic E-state index is -2.17. The smallest absolute Gasteiger partial charge is 0.227 e. The van der Waals surface area contributed by atoms with Crippen molar-refractivity contribution in [2.45, 2.75) is 6.85 Å². The topological polar surface area (TPSA) is 57.0 Å². The molecule has 5 nitrogen and oxygen atoms in total. The van der Waals surface area contributed by atoms with Crippen LogP contribution in [0.5, 0.6) is 0 Å². The van der Waals surface area contributed by atoms with Gasteiger partial charge in [-0.25, -0.2) is 9.97 Å². The van der Waals surface area contributed by atoms with Crippen molar-refractivity contribution in [1.82, 2.24) is 14.5 Å². The molecule has 5 heteroatoms. The monoisotopic (exact) mass is 544 g/mol. The Kier molecular flexibility index (Phi) is 4.17. The molecule has 0 amide bonds. The van der Waals surface area contributed by atoms with Crippen LogP contribution in [0.2, 0.25) is 0 Å². The van der Waals surface area contributed by atoms with Crippen molar-refractivity contribution in [2.24, 2.45) is 0 Å². The molecule has 9 aromatic rings. The average molecular weight is 545 g/mol. The third kappa shape index (κ3) is 3.25. The quantitative estimate of drug-likeness (QED) is 0.222.